The van der Waals surface area contributed by atoms with Crippen LogP contribution < -0.4 is 10.1 Å². The van der Waals surface area contributed by atoms with Crippen LogP contribution >= 0.6 is 0 Å². The lowest BCUT2D eigenvalue weighted by Crippen LogP contribution is -2.28. The Morgan fingerprint density at radius 3 is 2.80 bits per heavy atom. The van der Waals surface area contributed by atoms with Crippen LogP contribution in [0.15, 0.2) is 30.3 Å². The van der Waals surface area contributed by atoms with Gasteiger partial charge in [-0.15, -0.1) is 0 Å². The normalized spacial score (nSPS) is 13.8. The lowest BCUT2D eigenvalue weighted by Gasteiger charge is -2.15. The highest BCUT2D eigenvalue weighted by molar-refractivity contribution is 5.92. The third-order valence-electron chi connectivity index (χ3n) is 4.30. The third kappa shape index (κ3) is 4.47. The van der Waals surface area contributed by atoms with Crippen LogP contribution in [0, 0.1) is 6.92 Å². The molecule has 1 fully saturated rings. The first kappa shape index (κ1) is 17.2. The van der Waals surface area contributed by atoms with Gasteiger partial charge in [0.2, 0.25) is 5.95 Å². The first-order valence-electron chi connectivity index (χ1n) is 8.67. The summed E-state index contributed by atoms with van der Waals surface area (Å²) in [5, 5.41) is 3.22. The summed E-state index contributed by atoms with van der Waals surface area (Å²) in [5.41, 5.74) is 2.44. The van der Waals surface area contributed by atoms with Crippen molar-refractivity contribution in [2.24, 2.45) is 0 Å². The summed E-state index contributed by atoms with van der Waals surface area (Å²) in [4.78, 5) is 23.2. The van der Waals surface area contributed by atoms with Crippen molar-refractivity contribution in [2.75, 3.05) is 32.1 Å². The second kappa shape index (κ2) is 7.96. The lowest BCUT2D eigenvalue weighted by atomic mass is 10.1. The molecule has 6 nitrogen and oxygen atoms in total. The Kier molecular flexibility index (Phi) is 5.48. The first-order chi connectivity index (χ1) is 12.2. The quantitative estimate of drug-likeness (QED) is 0.876. The predicted octanol–water partition coefficient (Wildman–Crippen LogP) is 2.68. The topological polar surface area (TPSA) is 67.3 Å². The van der Waals surface area contributed by atoms with Gasteiger partial charge < -0.3 is 15.0 Å². The number of aromatic nitrogens is 2. The minimum atomic E-state index is -0.00107. The standard InChI is InChI=1S/C19H24N4O2/c1-14-12-17(18(24)23-10-3-4-11-23)22-19(21-14)20-9-8-15-6-5-7-16(13-15)25-2/h5-7,12-13H,3-4,8-11H2,1-2H3,(H,20,21,22). The van der Waals surface area contributed by atoms with Gasteiger partial charge in [-0.3, -0.25) is 4.79 Å². The molecule has 2 heterocycles. The maximum Gasteiger partial charge on any atom is 0.272 e. The number of aryl methyl sites for hydroxylation is 1. The van der Waals surface area contributed by atoms with E-state index in [1.807, 2.05) is 30.0 Å². The van der Waals surface area contributed by atoms with Gasteiger partial charge in [0.15, 0.2) is 0 Å². The molecule has 6 heteroatoms. The number of hydrogen-bond acceptors (Lipinski definition) is 5. The number of nitrogens with one attached hydrogen (secondary N) is 1. The smallest absolute Gasteiger partial charge is 0.272 e. The van der Waals surface area contributed by atoms with Crippen molar-refractivity contribution in [1.29, 1.82) is 0 Å². The maximum atomic E-state index is 12.5. The van der Waals surface area contributed by atoms with Crippen molar-refractivity contribution in [1.82, 2.24) is 14.9 Å². The highest BCUT2D eigenvalue weighted by atomic mass is 16.5. The van der Waals surface area contributed by atoms with E-state index >= 15 is 0 Å². The molecule has 1 aromatic carbocycles. The zero-order valence-corrected chi connectivity index (χ0v) is 14.8. The number of hydrogen-bond donors (Lipinski definition) is 1. The molecule has 1 amide bonds. The van der Waals surface area contributed by atoms with Gasteiger partial charge in [-0.05, 0) is 49.9 Å². The van der Waals surface area contributed by atoms with Crippen molar-refractivity contribution in [2.45, 2.75) is 26.2 Å². The van der Waals surface area contributed by atoms with E-state index in [9.17, 15) is 4.79 Å². The van der Waals surface area contributed by atoms with Gasteiger partial charge >= 0.3 is 0 Å². The van der Waals surface area contributed by atoms with E-state index in [2.05, 4.69) is 21.4 Å². The fraction of sp³-hybridized carbons (Fsp3) is 0.421. The van der Waals surface area contributed by atoms with Crippen molar-refractivity contribution < 1.29 is 9.53 Å². The van der Waals surface area contributed by atoms with Crippen molar-refractivity contribution in [3.63, 3.8) is 0 Å². The van der Waals surface area contributed by atoms with E-state index < -0.39 is 0 Å². The van der Waals surface area contributed by atoms with Gasteiger partial charge in [-0.25, -0.2) is 9.97 Å². The Bertz CT molecular complexity index is 742. The zero-order valence-electron chi connectivity index (χ0n) is 14.8. The third-order valence-corrected chi connectivity index (χ3v) is 4.30. The number of benzene rings is 1. The van der Waals surface area contributed by atoms with Crippen LogP contribution in [0.25, 0.3) is 0 Å². The molecule has 0 radical (unpaired) electrons. The molecule has 1 saturated heterocycles. The van der Waals surface area contributed by atoms with Crippen LogP contribution in [0.4, 0.5) is 5.95 Å². The first-order valence-corrected chi connectivity index (χ1v) is 8.67. The largest absolute Gasteiger partial charge is 0.497 e. The Morgan fingerprint density at radius 2 is 2.04 bits per heavy atom. The monoisotopic (exact) mass is 340 g/mol. The fourth-order valence-corrected chi connectivity index (χ4v) is 2.99. The number of carbonyl (C=O) groups excluding carboxylic acids is 1. The van der Waals surface area contributed by atoms with E-state index in [1.54, 1.807) is 13.2 Å². The second-order valence-corrected chi connectivity index (χ2v) is 6.25. The highest BCUT2D eigenvalue weighted by Crippen LogP contribution is 2.15. The summed E-state index contributed by atoms with van der Waals surface area (Å²) < 4.78 is 5.24. The summed E-state index contributed by atoms with van der Waals surface area (Å²) in [6, 6.07) is 9.74. The lowest BCUT2D eigenvalue weighted by molar-refractivity contribution is 0.0787. The minimum absolute atomic E-state index is 0.00107. The molecule has 25 heavy (non-hydrogen) atoms. The zero-order chi connectivity index (χ0) is 17.6. The molecule has 0 aliphatic carbocycles. The molecule has 0 saturated carbocycles. The number of methoxy groups -OCH3 is 1. The highest BCUT2D eigenvalue weighted by Gasteiger charge is 2.21. The van der Waals surface area contributed by atoms with Crippen LogP contribution in [-0.4, -0.2) is 47.5 Å². The molecule has 2 aromatic rings. The molecule has 1 aliphatic rings. The van der Waals surface area contributed by atoms with E-state index in [0.29, 0.717) is 18.2 Å². The van der Waals surface area contributed by atoms with E-state index in [1.165, 1.54) is 5.56 Å². The van der Waals surface area contributed by atoms with Gasteiger partial charge in [-0.1, -0.05) is 12.1 Å². The van der Waals surface area contributed by atoms with Gasteiger partial charge in [0.05, 0.1) is 7.11 Å². The summed E-state index contributed by atoms with van der Waals surface area (Å²) >= 11 is 0. The van der Waals surface area contributed by atoms with E-state index in [0.717, 1.165) is 43.8 Å². The average Bonchev–Trinajstić information content (AvgIpc) is 3.15. The second-order valence-electron chi connectivity index (χ2n) is 6.25. The Hall–Kier alpha value is -2.63. The van der Waals surface area contributed by atoms with Crippen molar-refractivity contribution in [3.05, 3.63) is 47.3 Å². The number of rotatable bonds is 6. The summed E-state index contributed by atoms with van der Waals surface area (Å²) in [7, 11) is 1.66. The maximum absolute atomic E-state index is 12.5. The number of carbonyl (C=O) groups is 1. The van der Waals surface area contributed by atoms with Crippen LogP contribution in [0.2, 0.25) is 0 Å². The molecule has 0 bridgehead atoms. The molecule has 1 aliphatic heterocycles. The number of amides is 1. The average molecular weight is 340 g/mol. The number of likely N-dealkylation sites (tertiary alicyclic amines) is 1. The molecule has 132 valence electrons. The SMILES string of the molecule is COc1cccc(CCNc2nc(C)cc(C(=O)N3CCCC3)n2)c1. The molecule has 0 unspecified atom stereocenters. The minimum Gasteiger partial charge on any atom is -0.497 e. The molecule has 1 aromatic heterocycles. The predicted molar refractivity (Wildman–Crippen MR) is 97.1 cm³/mol. The Labute approximate surface area is 148 Å². The van der Waals surface area contributed by atoms with Crippen molar-refractivity contribution >= 4 is 11.9 Å². The summed E-state index contributed by atoms with van der Waals surface area (Å²) in [5.74, 6) is 1.35. The number of ether oxygens (including phenoxy) is 1. The number of anilines is 1. The molecule has 0 atom stereocenters. The fourth-order valence-electron chi connectivity index (χ4n) is 2.99. The number of nitrogens with zero attached hydrogens (tertiary/aromatic N) is 3. The van der Waals surface area contributed by atoms with Crippen LogP contribution in [0.1, 0.15) is 34.6 Å². The molecule has 3 rings (SSSR count). The summed E-state index contributed by atoms with van der Waals surface area (Å²) in [6.07, 6.45) is 2.97. The van der Waals surface area contributed by atoms with Gasteiger partial charge in [0.1, 0.15) is 11.4 Å². The Morgan fingerprint density at radius 1 is 1.24 bits per heavy atom. The molecule has 1 N–H and O–H groups in total. The van der Waals surface area contributed by atoms with Crippen LogP contribution in [-0.2, 0) is 6.42 Å². The van der Waals surface area contributed by atoms with Gasteiger partial charge in [0, 0.05) is 25.3 Å². The van der Waals surface area contributed by atoms with Crippen LogP contribution in [0.5, 0.6) is 5.75 Å². The molecule has 0 spiro atoms. The van der Waals surface area contributed by atoms with Crippen molar-refractivity contribution in [3.8, 4) is 5.75 Å². The van der Waals surface area contributed by atoms with Crippen LogP contribution in [0.3, 0.4) is 0 Å². The van der Waals surface area contributed by atoms with Gasteiger partial charge in [0.25, 0.3) is 5.91 Å². The summed E-state index contributed by atoms with van der Waals surface area (Å²) in [6.45, 7) is 4.21. The van der Waals surface area contributed by atoms with E-state index in [-0.39, 0.29) is 5.91 Å². The Balaban J connectivity index is 1.63. The molecular weight excluding hydrogens is 316 g/mol. The van der Waals surface area contributed by atoms with E-state index in [4.69, 9.17) is 4.74 Å². The molecular formula is C19H24N4O2. The van der Waals surface area contributed by atoms with Gasteiger partial charge in [-0.2, -0.15) is 0 Å².